The van der Waals surface area contributed by atoms with Crippen molar-refractivity contribution in [3.8, 4) is 11.1 Å². The van der Waals surface area contributed by atoms with Crippen LogP contribution in [0.5, 0.6) is 0 Å². The van der Waals surface area contributed by atoms with Gasteiger partial charge < -0.3 is 20.5 Å². The molecule has 0 saturated heterocycles. The minimum atomic E-state index is -0.956. The van der Waals surface area contributed by atoms with E-state index in [0.29, 0.717) is 6.42 Å². The number of aliphatic carboxylic acids is 1. The summed E-state index contributed by atoms with van der Waals surface area (Å²) >= 11 is 0. The Morgan fingerprint density at radius 1 is 1.03 bits per heavy atom. The highest BCUT2D eigenvalue weighted by Crippen LogP contribution is 2.44. The van der Waals surface area contributed by atoms with Crippen molar-refractivity contribution in [2.24, 2.45) is 11.8 Å². The van der Waals surface area contributed by atoms with Crippen LogP contribution in [-0.2, 0) is 14.3 Å². The molecule has 0 bridgehead atoms. The average Bonchev–Trinajstić information content (AvgIpc) is 3.38. The molecule has 32 heavy (non-hydrogen) atoms. The zero-order chi connectivity index (χ0) is 22.7. The third-order valence-electron chi connectivity index (χ3n) is 6.07. The third kappa shape index (κ3) is 4.51. The number of carbonyl (C=O) groups excluding carboxylic acids is 2. The molecule has 2 aromatic carbocycles. The molecule has 2 aliphatic carbocycles. The van der Waals surface area contributed by atoms with E-state index in [1.54, 1.807) is 12.2 Å². The molecule has 0 radical (unpaired) electrons. The van der Waals surface area contributed by atoms with Crippen molar-refractivity contribution in [3.05, 3.63) is 71.8 Å². The number of alkyl carbamates (subject to hydrolysis) is 1. The third-order valence-corrected chi connectivity index (χ3v) is 6.07. The number of hydrogen-bond acceptors (Lipinski definition) is 4. The predicted octanol–water partition coefficient (Wildman–Crippen LogP) is 3.31. The molecule has 2 aliphatic rings. The van der Waals surface area contributed by atoms with Crippen LogP contribution in [-0.4, -0.2) is 42.3 Å². The summed E-state index contributed by atoms with van der Waals surface area (Å²) < 4.78 is 5.55. The Bertz CT molecular complexity index is 1020. The zero-order valence-corrected chi connectivity index (χ0v) is 17.8. The normalized spacial score (nSPS) is 19.7. The smallest absolute Gasteiger partial charge is 0.407 e. The molecule has 2 aromatic rings. The number of ether oxygens (including phenoxy) is 1. The summed E-state index contributed by atoms with van der Waals surface area (Å²) in [6.45, 7) is 1.84. The predicted molar refractivity (Wildman–Crippen MR) is 119 cm³/mol. The summed E-state index contributed by atoms with van der Waals surface area (Å²) in [5.41, 5.74) is 4.63. The molecule has 0 saturated carbocycles. The van der Waals surface area contributed by atoms with Gasteiger partial charge in [0.2, 0.25) is 5.91 Å². The highest BCUT2D eigenvalue weighted by Gasteiger charge is 2.30. The van der Waals surface area contributed by atoms with Crippen LogP contribution in [0.3, 0.4) is 0 Å². The van der Waals surface area contributed by atoms with Crippen molar-refractivity contribution in [3.63, 3.8) is 0 Å². The Morgan fingerprint density at radius 2 is 1.66 bits per heavy atom. The van der Waals surface area contributed by atoms with Gasteiger partial charge in [0.1, 0.15) is 6.61 Å². The molecule has 3 atom stereocenters. The molecule has 3 unspecified atom stereocenters. The minimum Gasteiger partial charge on any atom is -0.481 e. The van der Waals surface area contributed by atoms with Crippen LogP contribution < -0.4 is 10.6 Å². The first-order valence-corrected chi connectivity index (χ1v) is 10.7. The van der Waals surface area contributed by atoms with Crippen molar-refractivity contribution in [2.75, 3.05) is 13.2 Å². The number of nitrogens with one attached hydrogen (secondary N) is 2. The second-order valence-electron chi connectivity index (χ2n) is 8.29. The van der Waals surface area contributed by atoms with E-state index in [2.05, 4.69) is 34.9 Å². The summed E-state index contributed by atoms with van der Waals surface area (Å²) in [6, 6.07) is 16.0. The van der Waals surface area contributed by atoms with E-state index in [4.69, 9.17) is 9.84 Å². The molecular weight excluding hydrogens is 408 g/mol. The first kappa shape index (κ1) is 21.6. The largest absolute Gasteiger partial charge is 0.481 e. The van der Waals surface area contributed by atoms with Gasteiger partial charge in [-0.25, -0.2) is 4.79 Å². The van der Waals surface area contributed by atoms with Crippen LogP contribution in [0.2, 0.25) is 0 Å². The van der Waals surface area contributed by atoms with Gasteiger partial charge in [-0.15, -0.1) is 0 Å². The van der Waals surface area contributed by atoms with Gasteiger partial charge in [0.15, 0.2) is 0 Å². The number of amides is 2. The highest BCUT2D eigenvalue weighted by molar-refractivity contribution is 5.82. The summed E-state index contributed by atoms with van der Waals surface area (Å²) in [5.74, 6) is -2.27. The van der Waals surface area contributed by atoms with Gasteiger partial charge >= 0.3 is 12.1 Å². The molecule has 7 heteroatoms. The molecule has 0 aliphatic heterocycles. The van der Waals surface area contributed by atoms with Crippen LogP contribution in [0.15, 0.2) is 60.7 Å². The van der Waals surface area contributed by atoms with Crippen LogP contribution in [0.4, 0.5) is 4.79 Å². The Balaban J connectivity index is 1.28. The number of carboxylic acids is 1. The maximum absolute atomic E-state index is 12.4. The standard InChI is InChI=1S/C25H26N2O5/c1-15(24(29)30)13-26-23(28)16-10-11-17(12-16)27-25(31)32-14-22-20-8-4-2-6-18(20)19-7-3-5-9-21(19)22/h2-11,15-17,22H,12-14H2,1H3,(H,26,28)(H,27,31)(H,29,30). The van der Waals surface area contributed by atoms with Gasteiger partial charge in [-0.3, -0.25) is 9.59 Å². The van der Waals surface area contributed by atoms with Gasteiger partial charge in [-0.05, 0) is 28.7 Å². The second kappa shape index (κ2) is 9.26. The maximum atomic E-state index is 12.4. The number of rotatable bonds is 7. The van der Waals surface area contributed by atoms with Crippen LogP contribution >= 0.6 is 0 Å². The first-order valence-electron chi connectivity index (χ1n) is 10.7. The van der Waals surface area contributed by atoms with Gasteiger partial charge in [-0.2, -0.15) is 0 Å². The quantitative estimate of drug-likeness (QED) is 0.580. The molecule has 4 rings (SSSR count). The number of fused-ring (bicyclic) bond motifs is 3. The van der Waals surface area contributed by atoms with E-state index < -0.39 is 23.9 Å². The van der Waals surface area contributed by atoms with E-state index in [1.165, 1.54) is 18.1 Å². The summed E-state index contributed by atoms with van der Waals surface area (Å²) in [4.78, 5) is 35.5. The second-order valence-corrected chi connectivity index (χ2v) is 8.29. The molecule has 7 nitrogen and oxygen atoms in total. The van der Waals surface area contributed by atoms with Crippen molar-refractivity contribution >= 4 is 18.0 Å². The molecule has 0 spiro atoms. The Hall–Kier alpha value is -3.61. The van der Waals surface area contributed by atoms with Crippen LogP contribution in [0.25, 0.3) is 11.1 Å². The maximum Gasteiger partial charge on any atom is 0.407 e. The number of benzene rings is 2. The lowest BCUT2D eigenvalue weighted by Gasteiger charge is -2.17. The fourth-order valence-electron chi connectivity index (χ4n) is 4.26. The van der Waals surface area contributed by atoms with Crippen molar-refractivity contribution in [2.45, 2.75) is 25.3 Å². The lowest BCUT2D eigenvalue weighted by atomic mass is 9.98. The first-order chi connectivity index (χ1) is 15.4. The zero-order valence-electron chi connectivity index (χ0n) is 17.8. The average molecular weight is 434 g/mol. The lowest BCUT2D eigenvalue weighted by Crippen LogP contribution is -2.37. The highest BCUT2D eigenvalue weighted by atomic mass is 16.5. The Kier molecular flexibility index (Phi) is 6.25. The Morgan fingerprint density at radius 3 is 2.28 bits per heavy atom. The SMILES string of the molecule is CC(CNC(=O)C1C=CC(NC(=O)OCC2c3ccccc3-c3ccccc32)C1)C(=O)O. The fraction of sp³-hybridized carbons (Fsp3) is 0.320. The molecule has 0 aromatic heterocycles. The molecule has 3 N–H and O–H groups in total. The summed E-state index contributed by atoms with van der Waals surface area (Å²) in [6.07, 6.45) is 3.39. The number of carboxylic acid groups (broad SMARTS) is 1. The van der Waals surface area contributed by atoms with Gasteiger partial charge in [-0.1, -0.05) is 67.6 Å². The molecular formula is C25H26N2O5. The molecule has 2 amide bonds. The molecule has 0 fully saturated rings. The van der Waals surface area contributed by atoms with Crippen LogP contribution in [0.1, 0.15) is 30.4 Å². The monoisotopic (exact) mass is 434 g/mol. The van der Waals surface area contributed by atoms with Gasteiger partial charge in [0.25, 0.3) is 0 Å². The van der Waals surface area contributed by atoms with Gasteiger partial charge in [0, 0.05) is 12.5 Å². The molecule has 166 valence electrons. The fourth-order valence-corrected chi connectivity index (χ4v) is 4.26. The van der Waals surface area contributed by atoms with Crippen molar-refractivity contribution < 1.29 is 24.2 Å². The number of hydrogen-bond donors (Lipinski definition) is 3. The topological polar surface area (TPSA) is 105 Å². The van der Waals surface area contributed by atoms with Crippen LogP contribution in [0, 0.1) is 11.8 Å². The minimum absolute atomic E-state index is 0.0120. The number of carbonyl (C=O) groups is 3. The van der Waals surface area contributed by atoms with E-state index in [0.717, 1.165) is 11.1 Å². The lowest BCUT2D eigenvalue weighted by molar-refractivity contribution is -0.141. The van der Waals surface area contributed by atoms with E-state index in [9.17, 15) is 14.4 Å². The summed E-state index contributed by atoms with van der Waals surface area (Å²) in [5, 5.41) is 14.4. The van der Waals surface area contributed by atoms with E-state index in [1.807, 2.05) is 24.3 Å². The van der Waals surface area contributed by atoms with E-state index in [-0.39, 0.29) is 31.0 Å². The molecule has 0 heterocycles. The van der Waals surface area contributed by atoms with Crippen molar-refractivity contribution in [1.82, 2.24) is 10.6 Å². The van der Waals surface area contributed by atoms with E-state index >= 15 is 0 Å². The van der Waals surface area contributed by atoms with Crippen molar-refractivity contribution in [1.29, 1.82) is 0 Å². The van der Waals surface area contributed by atoms with Gasteiger partial charge in [0.05, 0.1) is 17.9 Å². The Labute approximate surface area is 186 Å². The summed E-state index contributed by atoms with van der Waals surface area (Å²) in [7, 11) is 0.